The van der Waals surface area contributed by atoms with E-state index in [0.717, 1.165) is 12.1 Å². The Labute approximate surface area is 144 Å². The molecule has 0 aromatic heterocycles. The maximum absolute atomic E-state index is 12.1. The summed E-state index contributed by atoms with van der Waals surface area (Å²) in [5, 5.41) is 10.6. The number of nitrogens with one attached hydrogen (secondary N) is 1. The molecule has 0 amide bonds. The zero-order valence-corrected chi connectivity index (χ0v) is 14.4. The fourth-order valence-electron chi connectivity index (χ4n) is 1.88. The van der Waals surface area contributed by atoms with Crippen LogP contribution < -0.4 is 9.46 Å². The molecule has 2 aromatic rings. The lowest BCUT2D eigenvalue weighted by atomic mass is 10.2. The SMILES string of the molecule is O=[N+]([O-])c1ccc(OC(NS(=O)(=O)Cc2ccccc2)[P+](=O)O)cc1. The molecule has 0 heterocycles. The van der Waals surface area contributed by atoms with E-state index < -0.39 is 34.7 Å². The van der Waals surface area contributed by atoms with Gasteiger partial charge >= 0.3 is 14.0 Å². The number of ether oxygens (including phenoxy) is 1. The Morgan fingerprint density at radius 1 is 1.16 bits per heavy atom. The summed E-state index contributed by atoms with van der Waals surface area (Å²) in [5.74, 6) is -2.10. The van der Waals surface area contributed by atoms with Gasteiger partial charge in [0.2, 0.25) is 10.0 Å². The van der Waals surface area contributed by atoms with E-state index in [0.29, 0.717) is 5.56 Å². The van der Waals surface area contributed by atoms with E-state index in [9.17, 15) is 28.0 Å². The summed E-state index contributed by atoms with van der Waals surface area (Å²) in [5.41, 5.74) is 0.305. The number of non-ortho nitro benzene ring substituents is 1. The van der Waals surface area contributed by atoms with E-state index in [-0.39, 0.29) is 11.4 Å². The highest BCUT2D eigenvalue weighted by molar-refractivity contribution is 7.88. The largest absolute Gasteiger partial charge is 0.570 e. The number of rotatable bonds is 8. The van der Waals surface area contributed by atoms with Crippen LogP contribution >= 0.6 is 8.03 Å². The van der Waals surface area contributed by atoms with Crippen LogP contribution in [0.3, 0.4) is 0 Å². The summed E-state index contributed by atoms with van der Waals surface area (Å²) >= 11 is 0. The Hall–Kier alpha value is -2.39. The van der Waals surface area contributed by atoms with Gasteiger partial charge in [-0.15, -0.1) is 4.72 Å². The molecule has 2 rings (SSSR count). The van der Waals surface area contributed by atoms with Crippen molar-refractivity contribution in [2.24, 2.45) is 0 Å². The third-order valence-corrected chi connectivity index (χ3v) is 5.07. The van der Waals surface area contributed by atoms with Crippen molar-refractivity contribution in [3.63, 3.8) is 0 Å². The average molecular weight is 385 g/mol. The van der Waals surface area contributed by atoms with E-state index in [4.69, 9.17) is 4.74 Å². The van der Waals surface area contributed by atoms with Gasteiger partial charge in [-0.3, -0.25) is 10.1 Å². The standard InChI is InChI=1S/C14H13N2O7PS/c17-16(18)12-6-8-13(9-7-12)23-14(24(19)20)15-25(21,22)10-11-4-2-1-3-5-11/h1-9,14-15H,10H2/p+1. The van der Waals surface area contributed by atoms with Crippen LogP contribution in [0.5, 0.6) is 5.75 Å². The first-order valence-electron chi connectivity index (χ1n) is 6.87. The van der Waals surface area contributed by atoms with E-state index in [1.54, 1.807) is 30.3 Å². The minimum atomic E-state index is -3.95. The van der Waals surface area contributed by atoms with Crippen molar-refractivity contribution >= 4 is 23.7 Å². The Bertz CT molecular complexity index is 857. The molecule has 0 fully saturated rings. The molecule has 0 radical (unpaired) electrons. The van der Waals surface area contributed by atoms with Crippen LogP contribution in [0, 0.1) is 10.1 Å². The molecule has 132 valence electrons. The monoisotopic (exact) mass is 385 g/mol. The molecule has 9 nitrogen and oxygen atoms in total. The quantitative estimate of drug-likeness (QED) is 0.307. The molecular weight excluding hydrogens is 371 g/mol. The van der Waals surface area contributed by atoms with Crippen LogP contribution in [0.1, 0.15) is 5.56 Å². The van der Waals surface area contributed by atoms with E-state index in [1.165, 1.54) is 12.1 Å². The summed E-state index contributed by atoms with van der Waals surface area (Å²) in [4.78, 5) is 19.3. The maximum atomic E-state index is 12.1. The van der Waals surface area contributed by atoms with Crippen LogP contribution in [0.15, 0.2) is 54.6 Å². The second-order valence-electron chi connectivity index (χ2n) is 4.89. The lowest BCUT2D eigenvalue weighted by molar-refractivity contribution is -0.384. The first kappa shape index (κ1) is 18.9. The lowest BCUT2D eigenvalue weighted by Gasteiger charge is -2.11. The van der Waals surface area contributed by atoms with Crippen LogP contribution in [0.2, 0.25) is 0 Å². The maximum Gasteiger partial charge on any atom is 0.570 e. The van der Waals surface area contributed by atoms with Crippen molar-refractivity contribution in [2.75, 3.05) is 0 Å². The molecule has 2 unspecified atom stereocenters. The minimum Gasteiger partial charge on any atom is -0.432 e. The summed E-state index contributed by atoms with van der Waals surface area (Å²) in [6, 6.07) is 12.9. The molecule has 0 aliphatic carbocycles. The molecule has 0 saturated carbocycles. The normalized spacial score (nSPS) is 13.1. The Balaban J connectivity index is 2.10. The van der Waals surface area contributed by atoms with Crippen LogP contribution in [-0.4, -0.2) is 24.2 Å². The van der Waals surface area contributed by atoms with Crippen molar-refractivity contribution < 1.29 is 27.5 Å². The molecule has 0 aliphatic rings. The van der Waals surface area contributed by atoms with E-state index in [1.807, 2.05) is 4.72 Å². The zero-order valence-electron chi connectivity index (χ0n) is 12.7. The number of hydrogen-bond acceptors (Lipinski definition) is 6. The highest BCUT2D eigenvalue weighted by Crippen LogP contribution is 2.26. The molecule has 2 N–H and O–H groups in total. The molecule has 25 heavy (non-hydrogen) atoms. The zero-order chi connectivity index (χ0) is 18.4. The number of nitro groups is 1. The predicted molar refractivity (Wildman–Crippen MR) is 89.5 cm³/mol. The first-order valence-corrected chi connectivity index (χ1v) is 9.80. The van der Waals surface area contributed by atoms with Gasteiger partial charge in [0.05, 0.1) is 10.7 Å². The Morgan fingerprint density at radius 2 is 1.76 bits per heavy atom. The Morgan fingerprint density at radius 3 is 2.28 bits per heavy atom. The number of nitro benzene ring substituents is 1. The van der Waals surface area contributed by atoms with Crippen LogP contribution in [0.4, 0.5) is 5.69 Å². The minimum absolute atomic E-state index is 0.00964. The van der Waals surface area contributed by atoms with Crippen molar-refractivity contribution in [2.45, 2.75) is 11.7 Å². The van der Waals surface area contributed by atoms with Crippen molar-refractivity contribution in [3.05, 3.63) is 70.3 Å². The Kier molecular flexibility index (Phi) is 6.16. The van der Waals surface area contributed by atoms with Gasteiger partial charge in [-0.05, 0) is 22.3 Å². The molecule has 2 aromatic carbocycles. The fourth-order valence-corrected chi connectivity index (χ4v) is 4.00. The van der Waals surface area contributed by atoms with Crippen LogP contribution in [-0.2, 0) is 20.3 Å². The van der Waals surface area contributed by atoms with Gasteiger partial charge in [-0.1, -0.05) is 30.3 Å². The number of nitrogens with zero attached hydrogens (tertiary/aromatic N) is 1. The van der Waals surface area contributed by atoms with Crippen molar-refractivity contribution in [1.82, 2.24) is 4.72 Å². The molecule has 0 bridgehead atoms. The number of hydrogen-bond donors (Lipinski definition) is 2. The van der Waals surface area contributed by atoms with Gasteiger partial charge < -0.3 is 4.74 Å². The van der Waals surface area contributed by atoms with Gasteiger partial charge in [0, 0.05) is 12.1 Å². The highest BCUT2D eigenvalue weighted by atomic mass is 32.2. The third kappa shape index (κ3) is 5.87. The number of sulfonamides is 1. The second-order valence-corrected chi connectivity index (χ2v) is 7.71. The van der Waals surface area contributed by atoms with E-state index in [2.05, 4.69) is 0 Å². The first-order chi connectivity index (χ1) is 11.8. The molecule has 11 heteroatoms. The highest BCUT2D eigenvalue weighted by Gasteiger charge is 2.36. The smallest absolute Gasteiger partial charge is 0.432 e. The second kappa shape index (κ2) is 8.13. The van der Waals surface area contributed by atoms with Gasteiger partial charge in [0.25, 0.3) is 5.69 Å². The summed E-state index contributed by atoms with van der Waals surface area (Å²) in [6.45, 7) is 0. The third-order valence-electron chi connectivity index (χ3n) is 2.98. The fraction of sp³-hybridized carbons (Fsp3) is 0.143. The summed E-state index contributed by atoms with van der Waals surface area (Å²) in [6.07, 6.45) is 0. The average Bonchev–Trinajstić information content (AvgIpc) is 2.55. The summed E-state index contributed by atoms with van der Waals surface area (Å²) < 4.78 is 42.8. The van der Waals surface area contributed by atoms with Crippen molar-refractivity contribution in [3.8, 4) is 5.75 Å². The number of benzene rings is 2. The predicted octanol–water partition coefficient (Wildman–Crippen LogP) is 2.11. The molecule has 0 spiro atoms. The van der Waals surface area contributed by atoms with E-state index >= 15 is 0 Å². The van der Waals surface area contributed by atoms with Gasteiger partial charge in [0.15, 0.2) is 0 Å². The molecular formula is C14H14N2O7PS+. The topological polar surface area (TPSA) is 136 Å². The van der Waals surface area contributed by atoms with Gasteiger partial charge in [-0.2, -0.15) is 4.89 Å². The van der Waals surface area contributed by atoms with Gasteiger partial charge in [0.1, 0.15) is 5.75 Å². The molecule has 0 saturated heterocycles. The van der Waals surface area contributed by atoms with Crippen molar-refractivity contribution in [1.29, 1.82) is 0 Å². The van der Waals surface area contributed by atoms with Gasteiger partial charge in [-0.25, -0.2) is 8.42 Å². The summed E-state index contributed by atoms with van der Waals surface area (Å²) in [7, 11) is -6.99. The molecule has 2 atom stereocenters. The van der Waals surface area contributed by atoms with Crippen LogP contribution in [0.25, 0.3) is 0 Å². The lowest BCUT2D eigenvalue weighted by Crippen LogP contribution is -2.37. The molecule has 0 aliphatic heterocycles.